The largest absolute Gasteiger partial charge is 0.493 e. The van der Waals surface area contributed by atoms with Gasteiger partial charge >= 0.3 is 5.69 Å². The average Bonchev–Trinajstić information content (AvgIpc) is 2.94. The minimum Gasteiger partial charge on any atom is -0.493 e. The van der Waals surface area contributed by atoms with Crippen LogP contribution in [-0.4, -0.2) is 19.6 Å². The SMILES string of the molecule is CCn1c(O)c(Cc2c[nH]c3c(C)cccc23)[nH]c1=O. The van der Waals surface area contributed by atoms with Gasteiger partial charge in [-0.2, -0.15) is 0 Å². The lowest BCUT2D eigenvalue weighted by Gasteiger charge is -2.01. The van der Waals surface area contributed by atoms with Crippen LogP contribution in [0, 0.1) is 6.92 Å². The molecule has 0 aliphatic rings. The highest BCUT2D eigenvalue weighted by atomic mass is 16.3. The first-order chi connectivity index (χ1) is 9.61. The number of fused-ring (bicyclic) bond motifs is 1. The van der Waals surface area contributed by atoms with E-state index in [1.807, 2.05) is 25.3 Å². The maximum Gasteiger partial charge on any atom is 0.328 e. The molecule has 104 valence electrons. The fourth-order valence-corrected chi connectivity index (χ4v) is 2.63. The van der Waals surface area contributed by atoms with Crippen molar-refractivity contribution in [3.05, 3.63) is 51.7 Å². The summed E-state index contributed by atoms with van der Waals surface area (Å²) in [5.41, 5.74) is 3.62. The number of para-hydroxylation sites is 1. The van der Waals surface area contributed by atoms with Crippen LogP contribution in [-0.2, 0) is 13.0 Å². The maximum absolute atomic E-state index is 11.7. The van der Waals surface area contributed by atoms with Gasteiger partial charge in [0.15, 0.2) is 0 Å². The highest BCUT2D eigenvalue weighted by Crippen LogP contribution is 2.25. The van der Waals surface area contributed by atoms with Crippen molar-refractivity contribution in [1.82, 2.24) is 14.5 Å². The van der Waals surface area contributed by atoms with E-state index < -0.39 is 0 Å². The van der Waals surface area contributed by atoms with Gasteiger partial charge in [-0.15, -0.1) is 0 Å². The Kier molecular flexibility index (Phi) is 2.89. The van der Waals surface area contributed by atoms with Crippen LogP contribution in [0.1, 0.15) is 23.7 Å². The number of aromatic hydroxyl groups is 1. The van der Waals surface area contributed by atoms with Crippen LogP contribution in [0.3, 0.4) is 0 Å². The summed E-state index contributed by atoms with van der Waals surface area (Å²) in [6.07, 6.45) is 2.43. The molecule has 0 fully saturated rings. The van der Waals surface area contributed by atoms with Gasteiger partial charge in [0.1, 0.15) is 0 Å². The minimum absolute atomic E-state index is 0.0273. The van der Waals surface area contributed by atoms with Crippen molar-refractivity contribution in [3.8, 4) is 5.88 Å². The van der Waals surface area contributed by atoms with E-state index in [9.17, 15) is 9.90 Å². The number of hydrogen-bond acceptors (Lipinski definition) is 2. The molecule has 3 N–H and O–H groups in total. The lowest BCUT2D eigenvalue weighted by atomic mass is 10.1. The van der Waals surface area contributed by atoms with Gasteiger partial charge in [0.05, 0.1) is 5.69 Å². The molecule has 0 radical (unpaired) electrons. The number of aryl methyl sites for hydroxylation is 1. The first-order valence-corrected chi connectivity index (χ1v) is 6.68. The normalized spacial score (nSPS) is 11.3. The first kappa shape index (κ1) is 12.6. The van der Waals surface area contributed by atoms with Gasteiger partial charge < -0.3 is 15.1 Å². The van der Waals surface area contributed by atoms with Crippen molar-refractivity contribution in [3.63, 3.8) is 0 Å². The third-order valence-corrected chi connectivity index (χ3v) is 3.72. The highest BCUT2D eigenvalue weighted by Gasteiger charge is 2.14. The van der Waals surface area contributed by atoms with Gasteiger partial charge in [0.2, 0.25) is 5.88 Å². The van der Waals surface area contributed by atoms with E-state index in [1.54, 1.807) is 0 Å². The summed E-state index contributed by atoms with van der Waals surface area (Å²) >= 11 is 0. The van der Waals surface area contributed by atoms with Gasteiger partial charge in [-0.3, -0.25) is 4.57 Å². The Bertz CT molecular complexity index is 823. The minimum atomic E-state index is -0.268. The molecule has 0 aliphatic heterocycles. The summed E-state index contributed by atoms with van der Waals surface area (Å²) in [6.45, 7) is 4.33. The predicted octanol–water partition coefficient (Wildman–Crippen LogP) is 2.28. The number of hydrogen-bond donors (Lipinski definition) is 3. The number of H-pyrrole nitrogens is 2. The zero-order valence-corrected chi connectivity index (χ0v) is 11.5. The number of aromatic amines is 2. The second-order valence-electron chi connectivity index (χ2n) is 4.96. The predicted molar refractivity (Wildman–Crippen MR) is 78.2 cm³/mol. The lowest BCUT2D eigenvalue weighted by molar-refractivity contribution is 0.413. The van der Waals surface area contributed by atoms with Gasteiger partial charge in [-0.25, -0.2) is 4.79 Å². The molecular formula is C15H17N3O2. The molecule has 0 aliphatic carbocycles. The summed E-state index contributed by atoms with van der Waals surface area (Å²) in [5, 5.41) is 11.2. The van der Waals surface area contributed by atoms with E-state index in [4.69, 9.17) is 0 Å². The van der Waals surface area contributed by atoms with Crippen molar-refractivity contribution >= 4 is 10.9 Å². The summed E-state index contributed by atoms with van der Waals surface area (Å²) in [4.78, 5) is 17.7. The Morgan fingerprint density at radius 3 is 2.85 bits per heavy atom. The molecule has 0 bridgehead atoms. The number of nitrogens with one attached hydrogen (secondary N) is 2. The van der Waals surface area contributed by atoms with Crippen LogP contribution in [0.4, 0.5) is 0 Å². The zero-order chi connectivity index (χ0) is 14.3. The number of benzene rings is 1. The third kappa shape index (κ3) is 1.82. The Morgan fingerprint density at radius 2 is 2.15 bits per heavy atom. The molecule has 2 heterocycles. The van der Waals surface area contributed by atoms with Crippen molar-refractivity contribution in [2.24, 2.45) is 0 Å². The molecule has 0 atom stereocenters. The van der Waals surface area contributed by atoms with Crippen LogP contribution in [0.25, 0.3) is 10.9 Å². The number of imidazole rings is 1. The second-order valence-corrected chi connectivity index (χ2v) is 4.96. The van der Waals surface area contributed by atoms with Crippen LogP contribution >= 0.6 is 0 Å². The fraction of sp³-hybridized carbons (Fsp3) is 0.267. The molecule has 5 heteroatoms. The topological polar surface area (TPSA) is 73.8 Å². The fourth-order valence-electron chi connectivity index (χ4n) is 2.63. The highest BCUT2D eigenvalue weighted by molar-refractivity contribution is 5.86. The third-order valence-electron chi connectivity index (χ3n) is 3.72. The quantitative estimate of drug-likeness (QED) is 0.683. The average molecular weight is 271 g/mol. The van der Waals surface area contributed by atoms with E-state index in [-0.39, 0.29) is 11.6 Å². The monoisotopic (exact) mass is 271 g/mol. The standard InChI is InChI=1S/C15H17N3O2/c1-3-18-14(19)12(17-15(18)20)7-10-8-16-13-9(2)5-4-6-11(10)13/h4-6,8,16,19H,3,7H2,1-2H3,(H,17,20). The number of aromatic nitrogens is 3. The Hall–Kier alpha value is -2.43. The second kappa shape index (κ2) is 4.59. The van der Waals surface area contributed by atoms with Crippen LogP contribution in [0.2, 0.25) is 0 Å². The van der Waals surface area contributed by atoms with Crippen molar-refractivity contribution < 1.29 is 5.11 Å². The van der Waals surface area contributed by atoms with Crippen molar-refractivity contribution in [1.29, 1.82) is 0 Å². The molecule has 1 aromatic carbocycles. The molecule has 0 spiro atoms. The Labute approximate surface area is 115 Å². The van der Waals surface area contributed by atoms with E-state index in [0.717, 1.165) is 16.5 Å². The molecule has 0 saturated heterocycles. The maximum atomic E-state index is 11.7. The lowest BCUT2D eigenvalue weighted by Crippen LogP contribution is -2.14. The zero-order valence-electron chi connectivity index (χ0n) is 11.5. The van der Waals surface area contributed by atoms with Gasteiger partial charge in [0.25, 0.3) is 0 Å². The Morgan fingerprint density at radius 1 is 1.35 bits per heavy atom. The molecule has 0 amide bonds. The molecule has 0 unspecified atom stereocenters. The number of rotatable bonds is 3. The smallest absolute Gasteiger partial charge is 0.328 e. The van der Waals surface area contributed by atoms with Gasteiger partial charge in [0, 0.05) is 30.1 Å². The molecule has 20 heavy (non-hydrogen) atoms. The van der Waals surface area contributed by atoms with Crippen LogP contribution in [0.15, 0.2) is 29.2 Å². The summed E-state index contributed by atoms with van der Waals surface area (Å²) < 4.78 is 1.33. The summed E-state index contributed by atoms with van der Waals surface area (Å²) in [7, 11) is 0. The molecule has 2 aromatic heterocycles. The molecular weight excluding hydrogens is 254 g/mol. The van der Waals surface area contributed by atoms with E-state index >= 15 is 0 Å². The van der Waals surface area contributed by atoms with Gasteiger partial charge in [-0.05, 0) is 25.0 Å². The first-order valence-electron chi connectivity index (χ1n) is 6.68. The molecule has 3 rings (SSSR count). The summed E-state index contributed by atoms with van der Waals surface area (Å²) in [5.74, 6) is 0.0273. The summed E-state index contributed by atoms with van der Waals surface area (Å²) in [6, 6.07) is 6.10. The van der Waals surface area contributed by atoms with E-state index in [1.165, 1.54) is 10.1 Å². The molecule has 0 saturated carbocycles. The van der Waals surface area contributed by atoms with Crippen molar-refractivity contribution in [2.45, 2.75) is 26.8 Å². The van der Waals surface area contributed by atoms with E-state index in [2.05, 4.69) is 23.0 Å². The molecule has 5 nitrogen and oxygen atoms in total. The van der Waals surface area contributed by atoms with Crippen LogP contribution in [0.5, 0.6) is 5.88 Å². The van der Waals surface area contributed by atoms with E-state index in [0.29, 0.717) is 18.7 Å². The Balaban J connectivity index is 2.06. The molecule has 3 aromatic rings. The van der Waals surface area contributed by atoms with Crippen LogP contribution < -0.4 is 5.69 Å². The van der Waals surface area contributed by atoms with Crippen molar-refractivity contribution in [2.75, 3.05) is 0 Å². The van der Waals surface area contributed by atoms with Gasteiger partial charge in [-0.1, -0.05) is 18.2 Å². The number of nitrogens with zero attached hydrogens (tertiary/aromatic N) is 1.